The molecule has 1 aliphatic heterocycles. The van der Waals surface area contributed by atoms with Gasteiger partial charge in [-0.3, -0.25) is 9.98 Å². The molecule has 2 aromatic rings. The largest absolute Gasteiger partial charge is 0.394 e. The summed E-state index contributed by atoms with van der Waals surface area (Å²) >= 11 is 3.58. The lowest BCUT2D eigenvalue weighted by Crippen LogP contribution is -2.32. The van der Waals surface area contributed by atoms with E-state index in [1.165, 1.54) is 23.8 Å². The zero-order valence-corrected chi connectivity index (χ0v) is 13.9. The minimum absolute atomic E-state index is 0.0213. The van der Waals surface area contributed by atoms with Crippen molar-refractivity contribution in [3.05, 3.63) is 34.4 Å². The topological polar surface area (TPSA) is 57.5 Å². The van der Waals surface area contributed by atoms with Gasteiger partial charge in [-0.1, -0.05) is 28.8 Å². The van der Waals surface area contributed by atoms with Gasteiger partial charge in [-0.15, -0.1) is 0 Å². The van der Waals surface area contributed by atoms with Crippen LogP contribution in [0.15, 0.2) is 33.9 Å². The third-order valence-corrected chi connectivity index (χ3v) is 5.34. The second-order valence-electron chi connectivity index (χ2n) is 6.08. The van der Waals surface area contributed by atoms with Gasteiger partial charge in [0, 0.05) is 15.4 Å². The van der Waals surface area contributed by atoms with Crippen molar-refractivity contribution in [1.29, 1.82) is 0 Å². The van der Waals surface area contributed by atoms with Crippen LogP contribution in [-0.2, 0) is 5.41 Å². The molecular weight excluding hydrogens is 342 g/mol. The van der Waals surface area contributed by atoms with Crippen molar-refractivity contribution < 1.29 is 5.11 Å². The predicted octanol–water partition coefficient (Wildman–Crippen LogP) is 3.63. The van der Waals surface area contributed by atoms with Crippen LogP contribution in [0.1, 0.15) is 31.2 Å². The van der Waals surface area contributed by atoms with E-state index >= 15 is 0 Å². The molecule has 0 amide bonds. The molecule has 22 heavy (non-hydrogen) atoms. The molecule has 5 heteroatoms. The number of hydrogen-bond acceptors (Lipinski definition) is 3. The van der Waals surface area contributed by atoms with Gasteiger partial charge in [0.05, 0.1) is 36.0 Å². The Balaban J connectivity index is 1.97. The van der Waals surface area contributed by atoms with Crippen molar-refractivity contribution in [3.63, 3.8) is 0 Å². The SMILES string of the molecule is OCCN=C1Nc2cnc3ccc(Br)cc3c2C12CCCC2. The van der Waals surface area contributed by atoms with Crippen LogP contribution in [0.3, 0.4) is 0 Å². The van der Waals surface area contributed by atoms with Crippen LogP contribution < -0.4 is 5.32 Å². The molecule has 1 saturated carbocycles. The van der Waals surface area contributed by atoms with Crippen molar-refractivity contribution in [1.82, 2.24) is 4.98 Å². The van der Waals surface area contributed by atoms with Crippen LogP contribution in [0.4, 0.5) is 5.69 Å². The van der Waals surface area contributed by atoms with Gasteiger partial charge in [0.1, 0.15) is 5.84 Å². The first kappa shape index (κ1) is 14.2. The number of pyridine rings is 1. The summed E-state index contributed by atoms with van der Waals surface area (Å²) in [6, 6.07) is 6.26. The van der Waals surface area contributed by atoms with Crippen LogP contribution in [-0.4, -0.2) is 29.1 Å². The molecule has 2 heterocycles. The number of halogens is 1. The Labute approximate surface area is 137 Å². The molecule has 4 nitrogen and oxygen atoms in total. The minimum Gasteiger partial charge on any atom is -0.394 e. The van der Waals surface area contributed by atoms with E-state index in [1.807, 2.05) is 12.3 Å². The molecule has 1 aromatic heterocycles. The van der Waals surface area contributed by atoms with E-state index < -0.39 is 0 Å². The Bertz CT molecular complexity index is 766. The highest BCUT2D eigenvalue weighted by Crippen LogP contribution is 2.51. The molecular formula is C17H18BrN3O. The highest BCUT2D eigenvalue weighted by Gasteiger charge is 2.47. The number of aromatic nitrogens is 1. The number of nitrogens with zero attached hydrogens (tertiary/aromatic N) is 2. The predicted molar refractivity (Wildman–Crippen MR) is 92.6 cm³/mol. The Kier molecular flexibility index (Phi) is 3.42. The highest BCUT2D eigenvalue weighted by atomic mass is 79.9. The number of anilines is 1. The maximum atomic E-state index is 9.13. The average molecular weight is 360 g/mol. The van der Waals surface area contributed by atoms with Gasteiger partial charge in [-0.2, -0.15) is 0 Å². The van der Waals surface area contributed by atoms with E-state index in [-0.39, 0.29) is 12.0 Å². The third-order valence-electron chi connectivity index (χ3n) is 4.84. The van der Waals surface area contributed by atoms with Crippen molar-refractivity contribution in [2.24, 2.45) is 4.99 Å². The second-order valence-corrected chi connectivity index (χ2v) is 6.99. The first-order valence-electron chi connectivity index (χ1n) is 7.76. The van der Waals surface area contributed by atoms with Gasteiger partial charge in [-0.05, 0) is 31.0 Å². The average Bonchev–Trinajstić information content (AvgIpc) is 3.12. The van der Waals surface area contributed by atoms with Gasteiger partial charge in [0.2, 0.25) is 0 Å². The molecule has 1 aliphatic carbocycles. The van der Waals surface area contributed by atoms with Crippen LogP contribution in [0.2, 0.25) is 0 Å². The summed E-state index contributed by atoms with van der Waals surface area (Å²) in [5, 5.41) is 13.8. The first-order chi connectivity index (χ1) is 10.7. The molecule has 1 spiro atoms. The van der Waals surface area contributed by atoms with E-state index in [9.17, 15) is 0 Å². The first-order valence-corrected chi connectivity index (χ1v) is 8.55. The molecule has 0 atom stereocenters. The number of hydrogen-bond donors (Lipinski definition) is 2. The fraction of sp³-hybridized carbons (Fsp3) is 0.412. The van der Waals surface area contributed by atoms with Gasteiger partial charge in [-0.25, -0.2) is 0 Å². The van der Waals surface area contributed by atoms with Crippen LogP contribution >= 0.6 is 15.9 Å². The van der Waals surface area contributed by atoms with E-state index in [0.29, 0.717) is 6.54 Å². The normalized spacial score (nSPS) is 20.7. The van der Waals surface area contributed by atoms with Gasteiger partial charge < -0.3 is 10.4 Å². The number of aliphatic hydroxyl groups excluding tert-OH is 1. The molecule has 0 unspecified atom stereocenters. The molecule has 0 bridgehead atoms. The maximum Gasteiger partial charge on any atom is 0.112 e. The van der Waals surface area contributed by atoms with E-state index in [0.717, 1.165) is 34.4 Å². The summed E-state index contributed by atoms with van der Waals surface area (Å²) in [6.45, 7) is 0.537. The molecule has 2 N–H and O–H groups in total. The smallest absolute Gasteiger partial charge is 0.112 e. The minimum atomic E-state index is -0.0213. The zero-order chi connectivity index (χ0) is 15.2. The number of rotatable bonds is 2. The Morgan fingerprint density at radius 2 is 2.14 bits per heavy atom. The van der Waals surface area contributed by atoms with Gasteiger partial charge >= 0.3 is 0 Å². The van der Waals surface area contributed by atoms with Gasteiger partial charge in [0.25, 0.3) is 0 Å². The summed E-state index contributed by atoms with van der Waals surface area (Å²) in [6.07, 6.45) is 6.59. The number of fused-ring (bicyclic) bond motifs is 4. The molecule has 114 valence electrons. The Hall–Kier alpha value is -1.46. The lowest BCUT2D eigenvalue weighted by Gasteiger charge is -2.25. The molecule has 0 saturated heterocycles. The summed E-state index contributed by atoms with van der Waals surface area (Å²) in [4.78, 5) is 9.21. The van der Waals surface area contributed by atoms with Crippen molar-refractivity contribution >= 4 is 38.4 Å². The molecule has 1 fully saturated rings. The Morgan fingerprint density at radius 1 is 1.32 bits per heavy atom. The van der Waals surface area contributed by atoms with Crippen LogP contribution in [0.5, 0.6) is 0 Å². The fourth-order valence-corrected chi connectivity index (χ4v) is 4.32. The standard InChI is InChI=1S/C17H18BrN3O/c18-11-3-4-13-12(9-11)15-14(10-20-13)21-16(19-7-8-22)17(15)5-1-2-6-17/h3-4,9-10,22H,1-2,5-8H2,(H,19,21). The molecule has 4 rings (SSSR count). The summed E-state index contributed by atoms with van der Waals surface area (Å²) in [5.41, 5.74) is 3.42. The maximum absolute atomic E-state index is 9.13. The number of nitrogens with one attached hydrogen (secondary N) is 1. The van der Waals surface area contributed by atoms with E-state index in [2.05, 4.69) is 43.4 Å². The van der Waals surface area contributed by atoms with Crippen LogP contribution in [0, 0.1) is 0 Å². The number of aliphatic imine (C=N–C) groups is 1. The second kappa shape index (κ2) is 5.32. The van der Waals surface area contributed by atoms with Crippen molar-refractivity contribution in [3.8, 4) is 0 Å². The summed E-state index contributed by atoms with van der Waals surface area (Å²) in [5.74, 6) is 1.02. The number of aliphatic hydroxyl groups is 1. The zero-order valence-electron chi connectivity index (χ0n) is 12.3. The monoisotopic (exact) mass is 359 g/mol. The molecule has 0 radical (unpaired) electrons. The van der Waals surface area contributed by atoms with Gasteiger partial charge in [0.15, 0.2) is 0 Å². The fourth-order valence-electron chi connectivity index (χ4n) is 3.96. The number of benzene rings is 1. The van der Waals surface area contributed by atoms with E-state index in [4.69, 9.17) is 5.11 Å². The third kappa shape index (κ3) is 1.99. The lowest BCUT2D eigenvalue weighted by atomic mass is 9.78. The number of amidine groups is 1. The summed E-state index contributed by atoms with van der Waals surface area (Å²) in [7, 11) is 0. The Morgan fingerprint density at radius 3 is 2.91 bits per heavy atom. The highest BCUT2D eigenvalue weighted by molar-refractivity contribution is 9.10. The molecule has 2 aliphatic rings. The molecule has 1 aromatic carbocycles. The van der Waals surface area contributed by atoms with Crippen LogP contribution in [0.25, 0.3) is 10.9 Å². The lowest BCUT2D eigenvalue weighted by molar-refractivity contribution is 0.306. The quantitative estimate of drug-likeness (QED) is 0.860. The van der Waals surface area contributed by atoms with Crippen molar-refractivity contribution in [2.75, 3.05) is 18.5 Å². The summed E-state index contributed by atoms with van der Waals surface area (Å²) < 4.78 is 1.07. The van der Waals surface area contributed by atoms with Crippen molar-refractivity contribution in [2.45, 2.75) is 31.1 Å². The van der Waals surface area contributed by atoms with E-state index in [1.54, 1.807) is 0 Å².